The van der Waals surface area contributed by atoms with Crippen LogP contribution in [0.25, 0.3) is 6.08 Å². The van der Waals surface area contributed by atoms with Crippen molar-refractivity contribution in [2.24, 2.45) is 0 Å². The van der Waals surface area contributed by atoms with Crippen molar-refractivity contribution < 1.29 is 14.5 Å². The highest BCUT2D eigenvalue weighted by molar-refractivity contribution is 6.33. The highest BCUT2D eigenvalue weighted by atomic mass is 35.5. The van der Waals surface area contributed by atoms with E-state index in [1.807, 2.05) is 6.92 Å². The summed E-state index contributed by atoms with van der Waals surface area (Å²) in [5, 5.41) is 11.5. The normalized spacial score (nSPS) is 10.8. The Morgan fingerprint density at radius 2 is 1.96 bits per heavy atom. The molecule has 0 saturated carbocycles. The van der Waals surface area contributed by atoms with Gasteiger partial charge in [-0.05, 0) is 49.3 Å². The summed E-state index contributed by atoms with van der Waals surface area (Å²) in [5.74, 6) is 0.0935. The summed E-state index contributed by atoms with van der Waals surface area (Å²) >= 11 is 6.22. The highest BCUT2D eigenvalue weighted by Gasteiger charge is 2.18. The van der Waals surface area contributed by atoms with Crippen LogP contribution in [0.15, 0.2) is 36.4 Å². The van der Waals surface area contributed by atoms with Crippen LogP contribution in [0.5, 0.6) is 5.75 Å². The minimum absolute atomic E-state index is 0.0628. The van der Waals surface area contributed by atoms with Crippen molar-refractivity contribution in [2.45, 2.75) is 13.8 Å². The van der Waals surface area contributed by atoms with Crippen molar-refractivity contribution in [2.75, 3.05) is 7.11 Å². The van der Waals surface area contributed by atoms with E-state index in [0.717, 1.165) is 5.56 Å². The van der Waals surface area contributed by atoms with Crippen molar-refractivity contribution in [3.8, 4) is 5.75 Å². The maximum absolute atomic E-state index is 12.6. The van der Waals surface area contributed by atoms with Gasteiger partial charge in [0.2, 0.25) is 0 Å². The van der Waals surface area contributed by atoms with Crippen molar-refractivity contribution in [1.82, 2.24) is 0 Å². The number of carbonyl (C=O) groups excluding carboxylic acids is 1. The molecule has 0 heterocycles. The molecule has 0 amide bonds. The first-order valence-electron chi connectivity index (χ1n) is 7.16. The first-order chi connectivity index (χ1) is 11.4. The van der Waals surface area contributed by atoms with E-state index in [9.17, 15) is 14.9 Å². The van der Waals surface area contributed by atoms with Crippen LogP contribution >= 0.6 is 11.6 Å². The molecule has 0 radical (unpaired) electrons. The molecule has 0 spiro atoms. The Morgan fingerprint density at radius 3 is 2.58 bits per heavy atom. The second-order valence-corrected chi connectivity index (χ2v) is 5.60. The van der Waals surface area contributed by atoms with E-state index in [2.05, 4.69) is 0 Å². The van der Waals surface area contributed by atoms with Crippen LogP contribution < -0.4 is 4.74 Å². The number of allylic oxidation sites excluding steroid dienone is 1. The third kappa shape index (κ3) is 3.46. The fourth-order valence-corrected chi connectivity index (χ4v) is 2.58. The van der Waals surface area contributed by atoms with Crippen LogP contribution in [-0.2, 0) is 0 Å². The molecule has 0 aromatic heterocycles. The summed E-state index contributed by atoms with van der Waals surface area (Å²) < 4.78 is 5.28. The maximum atomic E-state index is 12.6. The molecule has 24 heavy (non-hydrogen) atoms. The average molecular weight is 346 g/mol. The molecule has 0 bridgehead atoms. The molecule has 0 unspecified atom stereocenters. The highest BCUT2D eigenvalue weighted by Crippen LogP contribution is 2.32. The van der Waals surface area contributed by atoms with Gasteiger partial charge in [-0.2, -0.15) is 0 Å². The molecule has 5 nitrogen and oxygen atoms in total. The topological polar surface area (TPSA) is 69.4 Å². The first-order valence-corrected chi connectivity index (χ1v) is 7.54. The minimum atomic E-state index is -0.487. The summed E-state index contributed by atoms with van der Waals surface area (Å²) in [4.78, 5) is 23.1. The number of hydrogen-bond acceptors (Lipinski definition) is 4. The van der Waals surface area contributed by atoms with E-state index in [0.29, 0.717) is 27.5 Å². The minimum Gasteiger partial charge on any atom is -0.496 e. The fraction of sp³-hybridized carbons (Fsp3) is 0.167. The molecule has 6 heteroatoms. The van der Waals surface area contributed by atoms with Crippen LogP contribution in [0.3, 0.4) is 0 Å². The number of aryl methyl sites for hydroxylation is 1. The molecule has 0 saturated heterocycles. The number of nitrogens with zero attached hydrogens (tertiary/aromatic N) is 1. The van der Waals surface area contributed by atoms with Gasteiger partial charge in [0.25, 0.3) is 5.69 Å². The zero-order valence-electron chi connectivity index (χ0n) is 13.5. The van der Waals surface area contributed by atoms with E-state index in [4.69, 9.17) is 16.3 Å². The summed E-state index contributed by atoms with van der Waals surface area (Å²) in [6.45, 7) is 3.57. The predicted molar refractivity (Wildman–Crippen MR) is 93.9 cm³/mol. The summed E-state index contributed by atoms with van der Waals surface area (Å²) in [5.41, 5.74) is 2.07. The van der Waals surface area contributed by atoms with Crippen LogP contribution in [0, 0.1) is 24.0 Å². The molecule has 0 N–H and O–H groups in total. The van der Waals surface area contributed by atoms with E-state index >= 15 is 0 Å². The van der Waals surface area contributed by atoms with E-state index in [1.165, 1.54) is 25.3 Å². The van der Waals surface area contributed by atoms with Gasteiger partial charge < -0.3 is 4.74 Å². The maximum Gasteiger partial charge on any atom is 0.276 e. The van der Waals surface area contributed by atoms with Gasteiger partial charge in [-0.1, -0.05) is 23.7 Å². The number of methoxy groups -OCH3 is 1. The molecule has 0 aliphatic carbocycles. The summed E-state index contributed by atoms with van der Waals surface area (Å²) in [7, 11) is 1.48. The largest absolute Gasteiger partial charge is 0.496 e. The average Bonchev–Trinajstić information content (AvgIpc) is 2.57. The van der Waals surface area contributed by atoms with Gasteiger partial charge in [-0.3, -0.25) is 14.9 Å². The summed E-state index contributed by atoms with van der Waals surface area (Å²) in [6, 6.07) is 7.91. The third-order valence-electron chi connectivity index (χ3n) is 3.66. The molecule has 0 fully saturated rings. The molecule has 124 valence electrons. The number of para-hydroxylation sites is 1. The van der Waals surface area contributed by atoms with Crippen molar-refractivity contribution >= 4 is 29.1 Å². The predicted octanol–water partition coefficient (Wildman–Crippen LogP) is 4.77. The molecule has 2 aromatic carbocycles. The van der Waals surface area contributed by atoms with Gasteiger partial charge in [0.15, 0.2) is 5.78 Å². The number of nitro benzene ring substituents is 1. The Bertz CT molecular complexity index is 843. The van der Waals surface area contributed by atoms with Crippen molar-refractivity contribution in [1.29, 1.82) is 0 Å². The smallest absolute Gasteiger partial charge is 0.276 e. The van der Waals surface area contributed by atoms with E-state index < -0.39 is 4.92 Å². The van der Waals surface area contributed by atoms with Crippen LogP contribution in [0.4, 0.5) is 5.69 Å². The number of hydrogen-bond donors (Lipinski definition) is 0. The zero-order chi connectivity index (χ0) is 17.9. The quantitative estimate of drug-likeness (QED) is 0.339. The van der Waals surface area contributed by atoms with Crippen LogP contribution in [0.2, 0.25) is 5.02 Å². The number of ether oxygens (including phenoxy) is 1. The number of nitro groups is 1. The number of rotatable bonds is 5. The lowest BCUT2D eigenvalue weighted by atomic mass is 9.99. The molecule has 2 rings (SSSR count). The van der Waals surface area contributed by atoms with Crippen LogP contribution in [-0.4, -0.2) is 17.8 Å². The second-order valence-electron chi connectivity index (χ2n) is 5.22. The number of carbonyl (C=O) groups is 1. The molecule has 0 aliphatic heterocycles. The van der Waals surface area contributed by atoms with Crippen LogP contribution in [0.1, 0.15) is 27.0 Å². The molecule has 2 aromatic rings. The number of ketones is 1. The molecule has 0 aliphatic rings. The standard InChI is InChI=1S/C18H16ClNO4/c1-11-10-16(24-3)17(12(2)18(11)19)15(21)9-8-13-6-4-5-7-14(13)20(22)23/h4-10H,1-3H3/b9-8+. The molecule has 0 atom stereocenters. The summed E-state index contributed by atoms with van der Waals surface area (Å²) in [6.07, 6.45) is 2.71. The van der Waals surface area contributed by atoms with E-state index in [1.54, 1.807) is 31.2 Å². The monoisotopic (exact) mass is 345 g/mol. The first kappa shape index (κ1) is 17.7. The lowest BCUT2D eigenvalue weighted by molar-refractivity contribution is -0.385. The Kier molecular flexibility index (Phi) is 5.36. The van der Waals surface area contributed by atoms with Gasteiger partial charge in [-0.15, -0.1) is 0 Å². The number of halogens is 1. The molecular weight excluding hydrogens is 330 g/mol. The van der Waals surface area contributed by atoms with Crippen molar-refractivity contribution in [3.63, 3.8) is 0 Å². The Morgan fingerprint density at radius 1 is 1.29 bits per heavy atom. The zero-order valence-corrected chi connectivity index (χ0v) is 14.3. The third-order valence-corrected chi connectivity index (χ3v) is 4.24. The van der Waals surface area contributed by atoms with Gasteiger partial charge in [0.05, 0.1) is 23.2 Å². The van der Waals surface area contributed by atoms with Gasteiger partial charge in [0, 0.05) is 11.1 Å². The Hall–Kier alpha value is -2.66. The Balaban J connectivity index is 2.45. The lowest BCUT2D eigenvalue weighted by Gasteiger charge is -2.13. The van der Waals surface area contributed by atoms with Gasteiger partial charge in [-0.25, -0.2) is 0 Å². The van der Waals surface area contributed by atoms with E-state index in [-0.39, 0.29) is 11.5 Å². The Labute approximate surface area is 144 Å². The molecular formula is C18H16ClNO4. The number of benzene rings is 2. The lowest BCUT2D eigenvalue weighted by Crippen LogP contribution is -2.04. The second kappa shape index (κ2) is 7.27. The van der Waals surface area contributed by atoms with Gasteiger partial charge in [0.1, 0.15) is 5.75 Å². The SMILES string of the molecule is COc1cc(C)c(Cl)c(C)c1C(=O)/C=C/c1ccccc1[N+](=O)[O-]. The van der Waals surface area contributed by atoms with Crippen molar-refractivity contribution in [3.05, 3.63) is 73.8 Å². The fourth-order valence-electron chi connectivity index (χ4n) is 2.43. The van der Waals surface area contributed by atoms with Gasteiger partial charge >= 0.3 is 0 Å².